The number of hydrogen-bond acceptors (Lipinski definition) is 3. The fourth-order valence-electron chi connectivity index (χ4n) is 1.88. The summed E-state index contributed by atoms with van der Waals surface area (Å²) in [5.41, 5.74) is 0.878. The molecule has 0 unspecified atom stereocenters. The molecule has 0 heterocycles. The summed E-state index contributed by atoms with van der Waals surface area (Å²) >= 11 is 3.17. The quantitative estimate of drug-likeness (QED) is 0.879. The summed E-state index contributed by atoms with van der Waals surface area (Å²) in [5, 5.41) is 8.96. The Morgan fingerprint density at radius 2 is 1.76 bits per heavy atom. The first kappa shape index (κ1) is 15.7. The summed E-state index contributed by atoms with van der Waals surface area (Å²) in [7, 11) is -3.56. The van der Waals surface area contributed by atoms with Gasteiger partial charge >= 0.3 is 5.97 Å². The van der Waals surface area contributed by atoms with Crippen molar-refractivity contribution in [2.75, 3.05) is 5.75 Å². The zero-order chi connectivity index (χ0) is 15.5. The first-order valence-corrected chi connectivity index (χ1v) is 8.64. The first-order chi connectivity index (χ1) is 9.90. The maximum absolute atomic E-state index is 12.4. The molecule has 0 amide bonds. The van der Waals surface area contributed by atoms with Crippen LogP contribution in [0.2, 0.25) is 0 Å². The minimum atomic E-state index is -3.56. The molecule has 0 saturated heterocycles. The number of aryl methyl sites for hydroxylation is 1. The second-order valence-electron chi connectivity index (χ2n) is 4.50. The third-order valence-corrected chi connectivity index (χ3v) is 5.72. The fourth-order valence-corrected chi connectivity index (χ4v) is 4.26. The molecule has 0 aliphatic rings. The van der Waals surface area contributed by atoms with Gasteiger partial charge in [-0.3, -0.25) is 0 Å². The summed E-state index contributed by atoms with van der Waals surface area (Å²) in [6.07, 6.45) is 0.382. The Labute approximate surface area is 131 Å². The van der Waals surface area contributed by atoms with Crippen LogP contribution < -0.4 is 0 Å². The average Bonchev–Trinajstić information content (AvgIpc) is 2.46. The zero-order valence-corrected chi connectivity index (χ0v) is 13.4. The molecule has 0 saturated carbocycles. The minimum absolute atomic E-state index is 0.0123. The van der Waals surface area contributed by atoms with E-state index in [-0.39, 0.29) is 16.2 Å². The molecule has 110 valence electrons. The summed E-state index contributed by atoms with van der Waals surface area (Å²) in [6.45, 7) is 0. The van der Waals surface area contributed by atoms with E-state index >= 15 is 0 Å². The van der Waals surface area contributed by atoms with E-state index in [0.717, 1.165) is 5.56 Å². The van der Waals surface area contributed by atoms with E-state index in [0.29, 0.717) is 10.9 Å². The van der Waals surface area contributed by atoms with Crippen molar-refractivity contribution in [2.24, 2.45) is 0 Å². The molecule has 0 aliphatic carbocycles. The number of carboxylic acids is 1. The maximum Gasteiger partial charge on any atom is 0.335 e. The molecule has 6 heteroatoms. The third kappa shape index (κ3) is 3.92. The molecule has 0 spiro atoms. The van der Waals surface area contributed by atoms with Crippen molar-refractivity contribution in [1.29, 1.82) is 0 Å². The van der Waals surface area contributed by atoms with Crippen LogP contribution in [-0.4, -0.2) is 25.2 Å². The normalized spacial score (nSPS) is 11.3. The van der Waals surface area contributed by atoms with Crippen molar-refractivity contribution in [1.82, 2.24) is 0 Å². The molecule has 0 aromatic heterocycles. The molecule has 1 N–H and O–H groups in total. The number of sulfone groups is 1. The van der Waals surface area contributed by atoms with E-state index in [4.69, 9.17) is 5.11 Å². The van der Waals surface area contributed by atoms with Crippen molar-refractivity contribution >= 4 is 31.7 Å². The number of halogens is 1. The van der Waals surface area contributed by atoms with Crippen LogP contribution in [0.25, 0.3) is 0 Å². The molecule has 0 fully saturated rings. The highest BCUT2D eigenvalue weighted by atomic mass is 79.9. The van der Waals surface area contributed by atoms with E-state index in [1.807, 2.05) is 30.3 Å². The van der Waals surface area contributed by atoms with Crippen LogP contribution in [-0.2, 0) is 16.3 Å². The second kappa shape index (κ2) is 6.41. The van der Waals surface area contributed by atoms with Gasteiger partial charge in [-0.15, -0.1) is 0 Å². The van der Waals surface area contributed by atoms with Crippen LogP contribution in [0.1, 0.15) is 15.9 Å². The highest BCUT2D eigenvalue weighted by Crippen LogP contribution is 2.25. The third-order valence-electron chi connectivity index (χ3n) is 3.02. The van der Waals surface area contributed by atoms with Gasteiger partial charge in [-0.25, -0.2) is 13.2 Å². The Bertz CT molecular complexity index is 754. The van der Waals surface area contributed by atoms with Gasteiger partial charge in [-0.2, -0.15) is 0 Å². The Balaban J connectivity index is 2.27. The van der Waals surface area contributed by atoms with Crippen molar-refractivity contribution in [3.05, 3.63) is 64.1 Å². The summed E-state index contributed by atoms with van der Waals surface area (Å²) in [6, 6.07) is 13.3. The van der Waals surface area contributed by atoms with E-state index in [9.17, 15) is 13.2 Å². The molecular weight excluding hydrogens is 356 g/mol. The van der Waals surface area contributed by atoms with Crippen molar-refractivity contribution in [3.63, 3.8) is 0 Å². The van der Waals surface area contributed by atoms with Crippen LogP contribution in [0, 0.1) is 0 Å². The summed E-state index contributed by atoms with van der Waals surface area (Å²) < 4.78 is 25.1. The predicted octanol–water partition coefficient (Wildman–Crippen LogP) is 3.16. The van der Waals surface area contributed by atoms with Gasteiger partial charge in [0.25, 0.3) is 0 Å². The van der Waals surface area contributed by atoms with E-state index in [1.165, 1.54) is 18.2 Å². The standard InChI is InChI=1S/C15H13BrO4S/c16-13-7-6-12(15(17)18)10-14(13)21(19,20)9-8-11-4-2-1-3-5-11/h1-7,10H,8-9H2,(H,17,18). The Morgan fingerprint density at radius 1 is 1.10 bits per heavy atom. The number of carbonyl (C=O) groups is 1. The highest BCUT2D eigenvalue weighted by molar-refractivity contribution is 9.10. The number of rotatable bonds is 5. The second-order valence-corrected chi connectivity index (χ2v) is 7.44. The fraction of sp³-hybridized carbons (Fsp3) is 0.133. The molecule has 0 aliphatic heterocycles. The van der Waals surface area contributed by atoms with Crippen molar-refractivity contribution in [3.8, 4) is 0 Å². The molecule has 0 bridgehead atoms. The lowest BCUT2D eigenvalue weighted by Gasteiger charge is -2.08. The molecule has 2 aromatic carbocycles. The molecule has 4 nitrogen and oxygen atoms in total. The largest absolute Gasteiger partial charge is 0.478 e. The van der Waals surface area contributed by atoms with Crippen molar-refractivity contribution in [2.45, 2.75) is 11.3 Å². The van der Waals surface area contributed by atoms with Gasteiger partial charge in [0.2, 0.25) is 0 Å². The van der Waals surface area contributed by atoms with E-state index in [1.54, 1.807) is 0 Å². The van der Waals surface area contributed by atoms with E-state index < -0.39 is 15.8 Å². The van der Waals surface area contributed by atoms with Gasteiger partial charge in [0.15, 0.2) is 9.84 Å². The molecule has 21 heavy (non-hydrogen) atoms. The average molecular weight is 369 g/mol. The predicted molar refractivity (Wildman–Crippen MR) is 83.3 cm³/mol. The first-order valence-electron chi connectivity index (χ1n) is 6.20. The van der Waals surface area contributed by atoms with Crippen LogP contribution in [0.5, 0.6) is 0 Å². The van der Waals surface area contributed by atoms with Crippen molar-refractivity contribution < 1.29 is 18.3 Å². The van der Waals surface area contributed by atoms with Gasteiger partial charge in [0.05, 0.1) is 16.2 Å². The van der Waals surface area contributed by atoms with Crippen LogP contribution >= 0.6 is 15.9 Å². The molecular formula is C15H13BrO4S. The number of aromatic carboxylic acids is 1. The smallest absolute Gasteiger partial charge is 0.335 e. The lowest BCUT2D eigenvalue weighted by atomic mass is 10.2. The van der Waals surface area contributed by atoms with Gasteiger partial charge in [-0.05, 0) is 46.1 Å². The van der Waals surface area contributed by atoms with Gasteiger partial charge in [0.1, 0.15) is 0 Å². The Kier molecular flexibility index (Phi) is 4.80. The van der Waals surface area contributed by atoms with Crippen LogP contribution in [0.15, 0.2) is 57.9 Å². The minimum Gasteiger partial charge on any atom is -0.478 e. The molecule has 0 atom stereocenters. The summed E-state index contributed by atoms with van der Waals surface area (Å²) in [4.78, 5) is 11.0. The number of hydrogen-bond donors (Lipinski definition) is 1. The van der Waals surface area contributed by atoms with E-state index in [2.05, 4.69) is 15.9 Å². The molecule has 0 radical (unpaired) electrons. The lowest BCUT2D eigenvalue weighted by Crippen LogP contribution is -2.11. The van der Waals surface area contributed by atoms with Crippen LogP contribution in [0.4, 0.5) is 0 Å². The molecule has 2 rings (SSSR count). The molecule has 2 aromatic rings. The Morgan fingerprint density at radius 3 is 2.38 bits per heavy atom. The van der Waals surface area contributed by atoms with Crippen LogP contribution in [0.3, 0.4) is 0 Å². The zero-order valence-electron chi connectivity index (χ0n) is 11.0. The SMILES string of the molecule is O=C(O)c1ccc(Br)c(S(=O)(=O)CCc2ccccc2)c1. The lowest BCUT2D eigenvalue weighted by molar-refractivity contribution is 0.0696. The Hall–Kier alpha value is -1.66. The van der Waals surface area contributed by atoms with Gasteiger partial charge < -0.3 is 5.11 Å². The van der Waals surface area contributed by atoms with Gasteiger partial charge in [-0.1, -0.05) is 30.3 Å². The summed E-state index contributed by atoms with van der Waals surface area (Å²) in [5.74, 6) is -1.22. The topological polar surface area (TPSA) is 71.4 Å². The monoisotopic (exact) mass is 368 g/mol. The number of benzene rings is 2. The number of carboxylic acid groups (broad SMARTS) is 1. The maximum atomic E-state index is 12.4. The van der Waals surface area contributed by atoms with Gasteiger partial charge in [0, 0.05) is 4.47 Å². The highest BCUT2D eigenvalue weighted by Gasteiger charge is 2.19.